The molecule has 7 nitrogen and oxygen atoms in total. The predicted molar refractivity (Wildman–Crippen MR) is 96.6 cm³/mol. The minimum atomic E-state index is -0.961. The molecule has 0 aliphatic heterocycles. The Labute approximate surface area is 153 Å². The van der Waals surface area contributed by atoms with Crippen LogP contribution >= 0.6 is 0 Å². The summed E-state index contributed by atoms with van der Waals surface area (Å²) < 4.78 is 5.25. The Morgan fingerprint density at radius 2 is 1.88 bits per heavy atom. The summed E-state index contributed by atoms with van der Waals surface area (Å²) in [5, 5.41) is 33.3. The summed E-state index contributed by atoms with van der Waals surface area (Å²) in [7, 11) is 0. The number of nitrogens with one attached hydrogen (secondary N) is 2. The van der Waals surface area contributed by atoms with Gasteiger partial charge < -0.3 is 20.5 Å². The number of allylic oxidation sites excluding steroid dienone is 1. The topological polar surface area (TPSA) is 118 Å². The first-order chi connectivity index (χ1) is 12.2. The lowest BCUT2D eigenvalue weighted by molar-refractivity contribution is 0.0425. The van der Waals surface area contributed by atoms with E-state index in [2.05, 4.69) is 10.6 Å². The van der Waals surface area contributed by atoms with E-state index in [-0.39, 0.29) is 12.1 Å². The summed E-state index contributed by atoms with van der Waals surface area (Å²) in [4.78, 5) is 12.1. The zero-order chi connectivity index (χ0) is 19.6. The Morgan fingerprint density at radius 3 is 2.42 bits per heavy atom. The molecule has 0 fully saturated rings. The van der Waals surface area contributed by atoms with Crippen LogP contribution in [0.15, 0.2) is 42.1 Å². The van der Waals surface area contributed by atoms with Gasteiger partial charge in [-0.3, -0.25) is 0 Å². The van der Waals surface area contributed by atoms with Crippen LogP contribution in [0.3, 0.4) is 0 Å². The number of alkyl carbamates (subject to hydrolysis) is 1. The second-order valence-electron chi connectivity index (χ2n) is 6.70. The first-order valence-electron chi connectivity index (χ1n) is 8.20. The Balaban J connectivity index is 2.79. The van der Waals surface area contributed by atoms with E-state index in [1.165, 1.54) is 6.20 Å². The third kappa shape index (κ3) is 8.18. The summed E-state index contributed by atoms with van der Waals surface area (Å²) in [5.74, 6) is 0. The molecular weight excluding hydrogens is 332 g/mol. The lowest BCUT2D eigenvalue weighted by atomic mass is 10.0. The quantitative estimate of drug-likeness (QED) is 0.643. The van der Waals surface area contributed by atoms with Crippen LogP contribution < -0.4 is 10.6 Å². The van der Waals surface area contributed by atoms with Gasteiger partial charge in [-0.1, -0.05) is 30.3 Å². The van der Waals surface area contributed by atoms with Crippen molar-refractivity contribution < 1.29 is 14.6 Å². The number of nitriles is 2. The SMILES string of the molecule is CC(C)(C)OC(=O)NC(Cc1ccccc1)C(O)CNC=C(C#N)C#N. The second-order valence-corrected chi connectivity index (χ2v) is 6.70. The molecule has 0 aliphatic carbocycles. The second kappa shape index (κ2) is 10.1. The molecule has 1 aromatic rings. The molecule has 1 aromatic carbocycles. The Bertz CT molecular complexity index is 680. The van der Waals surface area contributed by atoms with Gasteiger partial charge in [0.25, 0.3) is 0 Å². The van der Waals surface area contributed by atoms with Crippen LogP contribution in [-0.4, -0.2) is 35.5 Å². The minimum absolute atomic E-state index is 0.0557. The fourth-order valence-electron chi connectivity index (χ4n) is 2.12. The molecule has 3 N–H and O–H groups in total. The number of aliphatic hydroxyl groups is 1. The molecule has 0 aliphatic rings. The molecule has 0 bridgehead atoms. The number of hydrogen-bond acceptors (Lipinski definition) is 6. The highest BCUT2D eigenvalue weighted by molar-refractivity contribution is 5.68. The van der Waals surface area contributed by atoms with Crippen LogP contribution in [0.5, 0.6) is 0 Å². The Kier molecular flexibility index (Phi) is 8.14. The highest BCUT2D eigenvalue weighted by atomic mass is 16.6. The number of amides is 1. The molecule has 7 heteroatoms. The molecule has 0 radical (unpaired) electrons. The summed E-state index contributed by atoms with van der Waals surface area (Å²) in [6.07, 6.45) is 0.0482. The van der Waals surface area contributed by atoms with Gasteiger partial charge in [0.1, 0.15) is 23.3 Å². The molecule has 2 unspecified atom stereocenters. The van der Waals surface area contributed by atoms with E-state index in [9.17, 15) is 9.90 Å². The van der Waals surface area contributed by atoms with Crippen molar-refractivity contribution in [3.05, 3.63) is 47.7 Å². The number of carbonyl (C=O) groups excluding carboxylic acids is 1. The van der Waals surface area contributed by atoms with Crippen molar-refractivity contribution in [2.45, 2.75) is 44.9 Å². The van der Waals surface area contributed by atoms with E-state index in [1.807, 2.05) is 30.3 Å². The largest absolute Gasteiger partial charge is 0.444 e. The summed E-state index contributed by atoms with van der Waals surface area (Å²) in [5.41, 5.74) is 0.191. The molecule has 1 amide bonds. The first-order valence-corrected chi connectivity index (χ1v) is 8.20. The number of nitrogens with zero attached hydrogens (tertiary/aromatic N) is 2. The van der Waals surface area contributed by atoms with E-state index < -0.39 is 23.8 Å². The van der Waals surface area contributed by atoms with Crippen molar-refractivity contribution in [2.24, 2.45) is 0 Å². The van der Waals surface area contributed by atoms with E-state index in [0.29, 0.717) is 6.42 Å². The average molecular weight is 356 g/mol. The maximum Gasteiger partial charge on any atom is 0.407 e. The van der Waals surface area contributed by atoms with Crippen molar-refractivity contribution in [3.8, 4) is 12.1 Å². The summed E-state index contributed by atoms with van der Waals surface area (Å²) in [6, 6.07) is 12.3. The van der Waals surface area contributed by atoms with Crippen LogP contribution in [0, 0.1) is 22.7 Å². The minimum Gasteiger partial charge on any atom is -0.444 e. The van der Waals surface area contributed by atoms with Crippen LogP contribution in [0.25, 0.3) is 0 Å². The normalized spacial score (nSPS) is 12.7. The van der Waals surface area contributed by atoms with Crippen molar-refractivity contribution >= 4 is 6.09 Å². The van der Waals surface area contributed by atoms with E-state index >= 15 is 0 Å². The lowest BCUT2D eigenvalue weighted by Gasteiger charge is -2.27. The van der Waals surface area contributed by atoms with E-state index in [1.54, 1.807) is 32.9 Å². The molecule has 1 rings (SSSR count). The van der Waals surface area contributed by atoms with Gasteiger partial charge in [0.15, 0.2) is 0 Å². The van der Waals surface area contributed by atoms with Crippen LogP contribution in [-0.2, 0) is 11.2 Å². The Morgan fingerprint density at radius 1 is 1.27 bits per heavy atom. The highest BCUT2D eigenvalue weighted by Crippen LogP contribution is 2.10. The van der Waals surface area contributed by atoms with Crippen molar-refractivity contribution in [3.63, 3.8) is 0 Å². The molecule has 138 valence electrons. The molecule has 2 atom stereocenters. The van der Waals surface area contributed by atoms with Gasteiger partial charge >= 0.3 is 6.09 Å². The fraction of sp³-hybridized carbons (Fsp3) is 0.421. The summed E-state index contributed by atoms with van der Waals surface area (Å²) >= 11 is 0. The van der Waals surface area contributed by atoms with Crippen LogP contribution in [0.2, 0.25) is 0 Å². The van der Waals surface area contributed by atoms with Gasteiger partial charge in [-0.25, -0.2) is 4.79 Å². The van der Waals surface area contributed by atoms with Gasteiger partial charge in [0.2, 0.25) is 0 Å². The fourth-order valence-corrected chi connectivity index (χ4v) is 2.12. The zero-order valence-electron chi connectivity index (χ0n) is 15.2. The molecule has 0 saturated heterocycles. The molecule has 0 spiro atoms. The highest BCUT2D eigenvalue weighted by Gasteiger charge is 2.24. The van der Waals surface area contributed by atoms with Crippen molar-refractivity contribution in [2.75, 3.05) is 6.54 Å². The van der Waals surface area contributed by atoms with Gasteiger partial charge in [0, 0.05) is 12.7 Å². The van der Waals surface area contributed by atoms with Gasteiger partial charge in [-0.15, -0.1) is 0 Å². The maximum atomic E-state index is 12.1. The van der Waals surface area contributed by atoms with Crippen LogP contribution in [0.1, 0.15) is 26.3 Å². The summed E-state index contributed by atoms with van der Waals surface area (Å²) in [6.45, 7) is 5.33. The number of ether oxygens (including phenoxy) is 1. The van der Waals surface area contributed by atoms with Crippen LogP contribution in [0.4, 0.5) is 4.79 Å². The first kappa shape index (κ1) is 21.0. The van der Waals surface area contributed by atoms with Crippen molar-refractivity contribution in [1.29, 1.82) is 10.5 Å². The number of carbonyl (C=O) groups is 1. The lowest BCUT2D eigenvalue weighted by Crippen LogP contribution is -2.49. The van der Waals surface area contributed by atoms with Gasteiger partial charge in [-0.2, -0.15) is 10.5 Å². The smallest absolute Gasteiger partial charge is 0.407 e. The zero-order valence-corrected chi connectivity index (χ0v) is 15.2. The van der Waals surface area contributed by atoms with E-state index in [4.69, 9.17) is 15.3 Å². The van der Waals surface area contributed by atoms with Crippen molar-refractivity contribution in [1.82, 2.24) is 10.6 Å². The molecular formula is C19H24N4O3. The van der Waals surface area contributed by atoms with Gasteiger partial charge in [0.05, 0.1) is 12.1 Å². The Hall–Kier alpha value is -3.03. The molecule has 26 heavy (non-hydrogen) atoms. The maximum absolute atomic E-state index is 12.1. The number of benzene rings is 1. The average Bonchev–Trinajstić information content (AvgIpc) is 2.57. The van der Waals surface area contributed by atoms with Gasteiger partial charge in [-0.05, 0) is 32.8 Å². The number of aliphatic hydroxyl groups excluding tert-OH is 1. The molecule has 0 saturated carbocycles. The molecule has 0 aromatic heterocycles. The third-order valence-corrected chi connectivity index (χ3v) is 3.28. The number of rotatable bonds is 7. The predicted octanol–water partition coefficient (Wildman–Crippen LogP) is 2.00. The third-order valence-electron chi connectivity index (χ3n) is 3.28. The standard InChI is InChI=1S/C19H24N4O3/c1-19(2,3)26-18(25)23-16(9-14-7-5-4-6-8-14)17(24)13-22-12-15(10-20)11-21/h4-8,12,16-17,22,24H,9,13H2,1-3H3,(H,23,25). The monoisotopic (exact) mass is 356 g/mol. The number of hydrogen-bond donors (Lipinski definition) is 3. The molecule has 0 heterocycles. The van der Waals surface area contributed by atoms with E-state index in [0.717, 1.165) is 5.56 Å².